The molecule has 0 aliphatic heterocycles. The number of rotatable bonds is 3. The van der Waals surface area contributed by atoms with Crippen LogP contribution in [0, 0.1) is 0 Å². The topological polar surface area (TPSA) is 35.5 Å². The van der Waals surface area contributed by atoms with Gasteiger partial charge in [0.15, 0.2) is 0 Å². The third-order valence-electron chi connectivity index (χ3n) is 1.95. The predicted octanol–water partition coefficient (Wildman–Crippen LogP) is 2.92. The molecule has 1 aromatic rings. The lowest BCUT2D eigenvalue weighted by molar-refractivity contribution is 0.0349. The van der Waals surface area contributed by atoms with E-state index in [0.29, 0.717) is 0 Å². The van der Waals surface area contributed by atoms with Crippen molar-refractivity contribution in [3.63, 3.8) is 0 Å². The SMILES string of the molecule is CCC(OC(=O)OC)c1ccccc1. The zero-order valence-corrected chi connectivity index (χ0v) is 8.40. The second kappa shape index (κ2) is 5.27. The van der Waals surface area contributed by atoms with E-state index in [4.69, 9.17) is 4.74 Å². The molecule has 3 nitrogen and oxygen atoms in total. The molecule has 0 spiro atoms. The highest BCUT2D eigenvalue weighted by atomic mass is 16.7. The summed E-state index contributed by atoms with van der Waals surface area (Å²) >= 11 is 0. The minimum Gasteiger partial charge on any atom is -0.438 e. The first-order valence-electron chi connectivity index (χ1n) is 4.57. The van der Waals surface area contributed by atoms with Crippen molar-refractivity contribution in [3.05, 3.63) is 35.9 Å². The summed E-state index contributed by atoms with van der Waals surface area (Å²) in [6.45, 7) is 1.96. The van der Waals surface area contributed by atoms with Gasteiger partial charge in [-0.25, -0.2) is 4.79 Å². The van der Waals surface area contributed by atoms with Gasteiger partial charge in [0.1, 0.15) is 6.10 Å². The normalized spacial score (nSPS) is 11.9. The molecule has 0 aromatic heterocycles. The van der Waals surface area contributed by atoms with Crippen LogP contribution in [0.4, 0.5) is 4.79 Å². The van der Waals surface area contributed by atoms with Gasteiger partial charge in [-0.15, -0.1) is 0 Å². The summed E-state index contributed by atoms with van der Waals surface area (Å²) in [5.74, 6) is 0. The van der Waals surface area contributed by atoms with Crippen LogP contribution in [-0.2, 0) is 9.47 Å². The number of hydrogen-bond acceptors (Lipinski definition) is 3. The first-order chi connectivity index (χ1) is 6.77. The molecule has 3 heteroatoms. The monoisotopic (exact) mass is 194 g/mol. The molecule has 1 aromatic carbocycles. The molecule has 1 rings (SSSR count). The second-order valence-electron chi connectivity index (χ2n) is 2.88. The first-order valence-corrected chi connectivity index (χ1v) is 4.57. The number of hydrogen-bond donors (Lipinski definition) is 0. The lowest BCUT2D eigenvalue weighted by atomic mass is 10.1. The average molecular weight is 194 g/mol. The Balaban J connectivity index is 2.68. The highest BCUT2D eigenvalue weighted by Gasteiger charge is 2.14. The number of carbonyl (C=O) groups is 1. The Labute approximate surface area is 83.6 Å². The highest BCUT2D eigenvalue weighted by Crippen LogP contribution is 2.20. The molecule has 0 saturated heterocycles. The van der Waals surface area contributed by atoms with Gasteiger partial charge in [-0.1, -0.05) is 37.3 Å². The van der Waals surface area contributed by atoms with E-state index in [-0.39, 0.29) is 6.10 Å². The molecular weight excluding hydrogens is 180 g/mol. The van der Waals surface area contributed by atoms with E-state index in [1.54, 1.807) is 0 Å². The molecule has 0 fully saturated rings. The van der Waals surface area contributed by atoms with Crippen LogP contribution in [0.15, 0.2) is 30.3 Å². The summed E-state index contributed by atoms with van der Waals surface area (Å²) in [6, 6.07) is 9.61. The van der Waals surface area contributed by atoms with E-state index in [0.717, 1.165) is 12.0 Å². The molecule has 0 amide bonds. The molecule has 0 aliphatic carbocycles. The molecule has 0 aliphatic rings. The standard InChI is InChI=1S/C11H14O3/c1-3-10(14-11(12)13-2)9-7-5-4-6-8-9/h4-8,10H,3H2,1-2H3. The van der Waals surface area contributed by atoms with Crippen LogP contribution in [0.2, 0.25) is 0 Å². The van der Waals surface area contributed by atoms with E-state index in [9.17, 15) is 4.79 Å². The van der Waals surface area contributed by atoms with Crippen LogP contribution in [0.1, 0.15) is 25.0 Å². The molecule has 76 valence electrons. The van der Waals surface area contributed by atoms with Crippen molar-refractivity contribution in [2.24, 2.45) is 0 Å². The molecule has 0 heterocycles. The predicted molar refractivity (Wildman–Crippen MR) is 53.0 cm³/mol. The Morgan fingerprint density at radius 1 is 1.36 bits per heavy atom. The van der Waals surface area contributed by atoms with E-state index in [1.807, 2.05) is 37.3 Å². The molecule has 14 heavy (non-hydrogen) atoms. The maximum atomic E-state index is 10.9. The van der Waals surface area contributed by atoms with Crippen LogP contribution in [-0.4, -0.2) is 13.3 Å². The van der Waals surface area contributed by atoms with Crippen molar-refractivity contribution in [1.82, 2.24) is 0 Å². The summed E-state index contributed by atoms with van der Waals surface area (Å²) in [5.41, 5.74) is 0.986. The van der Waals surface area contributed by atoms with E-state index in [2.05, 4.69) is 4.74 Å². The molecule has 0 bridgehead atoms. The number of methoxy groups -OCH3 is 1. The van der Waals surface area contributed by atoms with Crippen LogP contribution < -0.4 is 0 Å². The fraction of sp³-hybridized carbons (Fsp3) is 0.364. The maximum absolute atomic E-state index is 10.9. The van der Waals surface area contributed by atoms with Crippen molar-refractivity contribution < 1.29 is 14.3 Å². The molecule has 0 saturated carbocycles. The fourth-order valence-corrected chi connectivity index (χ4v) is 1.22. The highest BCUT2D eigenvalue weighted by molar-refractivity contribution is 5.60. The lowest BCUT2D eigenvalue weighted by Crippen LogP contribution is -2.10. The van der Waals surface area contributed by atoms with Crippen molar-refractivity contribution in [3.8, 4) is 0 Å². The van der Waals surface area contributed by atoms with Crippen molar-refractivity contribution in [2.45, 2.75) is 19.4 Å². The van der Waals surface area contributed by atoms with Crippen LogP contribution in [0.5, 0.6) is 0 Å². The summed E-state index contributed by atoms with van der Waals surface area (Å²) < 4.78 is 9.52. The smallest absolute Gasteiger partial charge is 0.438 e. The molecule has 1 unspecified atom stereocenters. The Morgan fingerprint density at radius 3 is 2.50 bits per heavy atom. The number of ether oxygens (including phenoxy) is 2. The largest absolute Gasteiger partial charge is 0.508 e. The minimum atomic E-state index is -0.638. The Bertz CT molecular complexity index is 282. The van der Waals surface area contributed by atoms with Gasteiger partial charge in [0.2, 0.25) is 0 Å². The molecule has 0 radical (unpaired) electrons. The van der Waals surface area contributed by atoms with E-state index >= 15 is 0 Å². The van der Waals surface area contributed by atoms with Crippen LogP contribution in [0.25, 0.3) is 0 Å². The van der Waals surface area contributed by atoms with Gasteiger partial charge in [0.05, 0.1) is 7.11 Å². The first kappa shape index (κ1) is 10.6. The summed E-state index contributed by atoms with van der Waals surface area (Å²) in [6.07, 6.45) is -0.122. The Hall–Kier alpha value is -1.51. The maximum Gasteiger partial charge on any atom is 0.508 e. The van der Waals surface area contributed by atoms with Crippen molar-refractivity contribution in [2.75, 3.05) is 7.11 Å². The quantitative estimate of drug-likeness (QED) is 0.694. The van der Waals surface area contributed by atoms with Gasteiger partial charge in [-0.3, -0.25) is 0 Å². The fourth-order valence-electron chi connectivity index (χ4n) is 1.22. The van der Waals surface area contributed by atoms with Crippen molar-refractivity contribution in [1.29, 1.82) is 0 Å². The van der Waals surface area contributed by atoms with Crippen molar-refractivity contribution >= 4 is 6.16 Å². The summed E-state index contributed by atoms with van der Waals surface area (Å²) in [5, 5.41) is 0. The van der Waals surface area contributed by atoms with Gasteiger partial charge in [-0.05, 0) is 12.0 Å². The molecular formula is C11H14O3. The third-order valence-corrected chi connectivity index (χ3v) is 1.95. The summed E-state index contributed by atoms with van der Waals surface area (Å²) in [7, 11) is 1.31. The third kappa shape index (κ3) is 2.76. The minimum absolute atomic E-state index is 0.219. The van der Waals surface area contributed by atoms with E-state index in [1.165, 1.54) is 7.11 Å². The lowest BCUT2D eigenvalue weighted by Gasteiger charge is -2.14. The van der Waals surface area contributed by atoms with Gasteiger partial charge in [0.25, 0.3) is 0 Å². The second-order valence-corrected chi connectivity index (χ2v) is 2.88. The van der Waals surface area contributed by atoms with E-state index < -0.39 is 6.16 Å². The van der Waals surface area contributed by atoms with Gasteiger partial charge >= 0.3 is 6.16 Å². The number of carbonyl (C=O) groups excluding carboxylic acids is 1. The van der Waals surface area contributed by atoms with Crippen LogP contribution in [0.3, 0.4) is 0 Å². The molecule has 1 atom stereocenters. The van der Waals surface area contributed by atoms with Crippen LogP contribution >= 0.6 is 0 Å². The summed E-state index contributed by atoms with van der Waals surface area (Å²) in [4.78, 5) is 10.9. The van der Waals surface area contributed by atoms with Gasteiger partial charge in [0, 0.05) is 0 Å². The zero-order chi connectivity index (χ0) is 10.4. The molecule has 0 N–H and O–H groups in total. The Kier molecular flexibility index (Phi) is 3.98. The van der Waals surface area contributed by atoms with Gasteiger partial charge < -0.3 is 9.47 Å². The van der Waals surface area contributed by atoms with Gasteiger partial charge in [-0.2, -0.15) is 0 Å². The zero-order valence-electron chi connectivity index (χ0n) is 8.40. The Morgan fingerprint density at radius 2 is 2.00 bits per heavy atom. The number of benzene rings is 1. The average Bonchev–Trinajstić information content (AvgIpc) is 2.26.